The van der Waals surface area contributed by atoms with Crippen LogP contribution in [0.1, 0.15) is 18.7 Å². The Hall–Kier alpha value is -2.04. The van der Waals surface area contributed by atoms with Crippen molar-refractivity contribution in [3.05, 3.63) is 47.8 Å². The summed E-state index contributed by atoms with van der Waals surface area (Å²) in [7, 11) is 0. The molecule has 0 aliphatic rings. The number of aryl methyl sites for hydroxylation is 1. The van der Waals surface area contributed by atoms with Crippen molar-refractivity contribution in [3.63, 3.8) is 0 Å². The minimum atomic E-state index is -4.42. The summed E-state index contributed by atoms with van der Waals surface area (Å²) in [4.78, 5) is 3.42. The maximum Gasteiger partial charge on any atom is 0.433 e. The Morgan fingerprint density at radius 3 is 2.32 bits per heavy atom. The first kappa shape index (κ1) is 15.0. The van der Waals surface area contributed by atoms with E-state index in [2.05, 4.69) is 4.98 Å². The number of hydrogen-bond acceptors (Lipinski definition) is 2. The Bertz CT molecular complexity index is 560. The van der Waals surface area contributed by atoms with E-state index < -0.39 is 11.9 Å². The van der Waals surface area contributed by atoms with Gasteiger partial charge in [-0.25, -0.2) is 0 Å². The van der Waals surface area contributed by atoms with Gasteiger partial charge in [-0.3, -0.25) is 4.98 Å². The molecule has 5 heteroatoms. The van der Waals surface area contributed by atoms with Crippen LogP contribution >= 0.6 is 0 Å². The van der Waals surface area contributed by atoms with Crippen LogP contribution in [0.15, 0.2) is 36.5 Å². The van der Waals surface area contributed by atoms with Crippen LogP contribution in [-0.2, 0) is 6.18 Å². The molecule has 0 fully saturated rings. The summed E-state index contributed by atoms with van der Waals surface area (Å²) >= 11 is 0. The minimum absolute atomic E-state index is 0. The summed E-state index contributed by atoms with van der Waals surface area (Å²) in [6.07, 6.45) is -3.23. The van der Waals surface area contributed by atoms with Crippen LogP contribution in [0.3, 0.4) is 0 Å². The number of nitrogen functional groups attached to an aromatic ring is 1. The van der Waals surface area contributed by atoms with Gasteiger partial charge in [0, 0.05) is 23.0 Å². The monoisotopic (exact) mass is 268 g/mol. The fourth-order valence-electron chi connectivity index (χ4n) is 1.64. The first-order valence-corrected chi connectivity index (χ1v) is 5.27. The van der Waals surface area contributed by atoms with Gasteiger partial charge >= 0.3 is 6.18 Å². The average Bonchev–Trinajstić information content (AvgIpc) is 2.31. The topological polar surface area (TPSA) is 38.9 Å². The second kappa shape index (κ2) is 5.30. The molecular formula is C14H15F3N2. The molecule has 102 valence electrons. The zero-order chi connectivity index (χ0) is 13.3. The second-order valence-electron chi connectivity index (χ2n) is 4.02. The summed E-state index contributed by atoms with van der Waals surface area (Å²) < 4.78 is 37.1. The number of pyridine rings is 1. The first-order valence-electron chi connectivity index (χ1n) is 5.27. The van der Waals surface area contributed by atoms with Crippen LogP contribution in [0, 0.1) is 6.92 Å². The van der Waals surface area contributed by atoms with Gasteiger partial charge in [-0.2, -0.15) is 13.2 Å². The van der Waals surface area contributed by atoms with Crippen molar-refractivity contribution in [2.24, 2.45) is 0 Å². The second-order valence-corrected chi connectivity index (χ2v) is 4.02. The Morgan fingerprint density at radius 2 is 1.79 bits per heavy atom. The largest absolute Gasteiger partial charge is 0.433 e. The molecule has 1 heterocycles. The molecule has 0 radical (unpaired) electrons. The van der Waals surface area contributed by atoms with Crippen molar-refractivity contribution in [1.82, 2.24) is 4.98 Å². The van der Waals surface area contributed by atoms with Crippen molar-refractivity contribution < 1.29 is 13.2 Å². The highest BCUT2D eigenvalue weighted by atomic mass is 19.4. The summed E-state index contributed by atoms with van der Waals surface area (Å²) in [5, 5.41) is 0. The maximum atomic E-state index is 12.4. The van der Waals surface area contributed by atoms with E-state index in [1.54, 1.807) is 6.07 Å². The van der Waals surface area contributed by atoms with Gasteiger partial charge in [0.05, 0.1) is 0 Å². The third-order valence-corrected chi connectivity index (χ3v) is 2.57. The smallest absolute Gasteiger partial charge is 0.398 e. The SMILES string of the molecule is C.Cc1ccc(N)c(-c2ccc(C(F)(F)F)nc2)c1. The molecule has 0 saturated carbocycles. The molecule has 0 atom stereocenters. The molecule has 2 nitrogen and oxygen atoms in total. The lowest BCUT2D eigenvalue weighted by Gasteiger charge is -2.09. The zero-order valence-electron chi connectivity index (χ0n) is 9.62. The molecule has 2 aromatic rings. The van der Waals surface area contributed by atoms with Gasteiger partial charge in [-0.05, 0) is 25.1 Å². The van der Waals surface area contributed by atoms with Gasteiger partial charge in [0.15, 0.2) is 0 Å². The maximum absolute atomic E-state index is 12.4. The van der Waals surface area contributed by atoms with Gasteiger partial charge in [-0.1, -0.05) is 25.1 Å². The summed E-state index contributed by atoms with van der Waals surface area (Å²) in [6.45, 7) is 1.89. The Kier molecular flexibility index (Phi) is 4.19. The zero-order valence-corrected chi connectivity index (χ0v) is 9.62. The molecule has 1 aromatic heterocycles. The number of halogens is 3. The van der Waals surface area contributed by atoms with E-state index in [4.69, 9.17) is 5.73 Å². The third-order valence-electron chi connectivity index (χ3n) is 2.57. The first-order chi connectivity index (χ1) is 8.38. The van der Waals surface area contributed by atoms with Crippen LogP contribution in [0.25, 0.3) is 11.1 Å². The molecule has 0 bridgehead atoms. The normalized spacial score (nSPS) is 10.9. The van der Waals surface area contributed by atoms with E-state index >= 15 is 0 Å². The predicted molar refractivity (Wildman–Crippen MR) is 70.6 cm³/mol. The molecule has 0 aliphatic carbocycles. The van der Waals surface area contributed by atoms with Crippen molar-refractivity contribution in [2.45, 2.75) is 20.5 Å². The van der Waals surface area contributed by atoms with Crippen LogP contribution in [0.4, 0.5) is 18.9 Å². The summed E-state index contributed by atoms with van der Waals surface area (Å²) in [6, 6.07) is 7.72. The molecule has 2 rings (SSSR count). The number of aromatic nitrogens is 1. The minimum Gasteiger partial charge on any atom is -0.398 e. The van der Waals surface area contributed by atoms with Crippen molar-refractivity contribution >= 4 is 5.69 Å². The van der Waals surface area contributed by atoms with Gasteiger partial charge in [0.1, 0.15) is 5.69 Å². The number of anilines is 1. The molecule has 0 unspecified atom stereocenters. The number of nitrogens with two attached hydrogens (primary N) is 1. The van der Waals surface area contributed by atoms with E-state index in [-0.39, 0.29) is 7.43 Å². The molecule has 2 N–H and O–H groups in total. The highest BCUT2D eigenvalue weighted by Gasteiger charge is 2.32. The van der Waals surface area contributed by atoms with Crippen LogP contribution in [0.5, 0.6) is 0 Å². The van der Waals surface area contributed by atoms with Gasteiger partial charge < -0.3 is 5.73 Å². The number of rotatable bonds is 1. The third kappa shape index (κ3) is 3.24. The summed E-state index contributed by atoms with van der Waals surface area (Å²) in [5.41, 5.74) is 7.66. The Balaban J connectivity index is 0.00000180. The molecule has 0 aliphatic heterocycles. The van der Waals surface area contributed by atoms with Crippen LogP contribution < -0.4 is 5.73 Å². The van der Waals surface area contributed by atoms with Gasteiger partial charge in [0.2, 0.25) is 0 Å². The molecule has 1 aromatic carbocycles. The van der Waals surface area contributed by atoms with Gasteiger partial charge in [-0.15, -0.1) is 0 Å². The van der Waals surface area contributed by atoms with Crippen molar-refractivity contribution in [3.8, 4) is 11.1 Å². The number of alkyl halides is 3. The predicted octanol–water partition coefficient (Wildman–Crippen LogP) is 4.29. The lowest BCUT2D eigenvalue weighted by molar-refractivity contribution is -0.141. The highest BCUT2D eigenvalue weighted by Crippen LogP contribution is 2.30. The van der Waals surface area contributed by atoms with Gasteiger partial charge in [0.25, 0.3) is 0 Å². The number of nitrogens with zero attached hydrogens (tertiary/aromatic N) is 1. The van der Waals surface area contributed by atoms with E-state index in [0.717, 1.165) is 11.6 Å². The summed E-state index contributed by atoms with van der Waals surface area (Å²) in [5.74, 6) is 0. The number of benzene rings is 1. The molecule has 0 saturated heterocycles. The van der Waals surface area contributed by atoms with Crippen LogP contribution in [0.2, 0.25) is 0 Å². The van der Waals surface area contributed by atoms with Crippen LogP contribution in [-0.4, -0.2) is 4.98 Å². The lowest BCUT2D eigenvalue weighted by Crippen LogP contribution is -2.07. The Labute approximate surface area is 110 Å². The fraction of sp³-hybridized carbons (Fsp3) is 0.214. The van der Waals surface area contributed by atoms with E-state index in [9.17, 15) is 13.2 Å². The molecule has 0 amide bonds. The van der Waals surface area contributed by atoms with Crippen molar-refractivity contribution in [2.75, 3.05) is 5.73 Å². The lowest BCUT2D eigenvalue weighted by atomic mass is 10.0. The fourth-order valence-corrected chi connectivity index (χ4v) is 1.64. The highest BCUT2D eigenvalue weighted by molar-refractivity contribution is 5.76. The molecule has 0 spiro atoms. The van der Waals surface area contributed by atoms with E-state index in [1.165, 1.54) is 12.3 Å². The standard InChI is InChI=1S/C13H11F3N2.CH4/c1-8-2-4-11(17)10(6-8)9-3-5-12(18-7-9)13(14,15)16;/h2-7H,17H2,1H3;1H4. The quantitative estimate of drug-likeness (QED) is 0.783. The van der Waals surface area contributed by atoms with E-state index in [0.29, 0.717) is 16.8 Å². The molecule has 19 heavy (non-hydrogen) atoms. The van der Waals surface area contributed by atoms with E-state index in [1.807, 2.05) is 19.1 Å². The number of hydrogen-bond donors (Lipinski definition) is 1. The molecular weight excluding hydrogens is 253 g/mol. The van der Waals surface area contributed by atoms with Crippen molar-refractivity contribution in [1.29, 1.82) is 0 Å². The average molecular weight is 268 g/mol. The Morgan fingerprint density at radius 1 is 1.11 bits per heavy atom.